The second kappa shape index (κ2) is 5.05. The van der Waals surface area contributed by atoms with E-state index in [1.165, 1.54) is 0 Å². The topological polar surface area (TPSA) is 61.2 Å². The smallest absolute Gasteiger partial charge is 0.312 e. The van der Waals surface area contributed by atoms with E-state index in [1.807, 2.05) is 30.3 Å². The minimum atomic E-state index is -0.330. The van der Waals surface area contributed by atoms with Crippen LogP contribution < -0.4 is 10.3 Å². The van der Waals surface area contributed by atoms with Gasteiger partial charge in [0.2, 0.25) is 0 Å². The molecule has 114 valence electrons. The van der Waals surface area contributed by atoms with Crippen LogP contribution in [-0.2, 0) is 11.8 Å². The van der Waals surface area contributed by atoms with E-state index < -0.39 is 0 Å². The van der Waals surface area contributed by atoms with Crippen LogP contribution in [0.1, 0.15) is 23.5 Å². The number of para-hydroxylation sites is 1. The molecule has 1 aliphatic heterocycles. The Balaban J connectivity index is 2.08. The maximum absolute atomic E-state index is 12.9. The zero-order valence-electron chi connectivity index (χ0n) is 12.5. The normalized spacial score (nSPS) is 16.9. The average Bonchev–Trinajstić information content (AvgIpc) is 2.59. The van der Waals surface area contributed by atoms with E-state index in [4.69, 9.17) is 4.74 Å². The van der Waals surface area contributed by atoms with Crippen molar-refractivity contribution in [2.75, 3.05) is 0 Å². The molecule has 0 saturated heterocycles. The summed E-state index contributed by atoms with van der Waals surface area (Å²) in [7, 11) is 1.74. The lowest BCUT2D eigenvalue weighted by Crippen LogP contribution is -2.31. The van der Waals surface area contributed by atoms with Gasteiger partial charge < -0.3 is 9.30 Å². The van der Waals surface area contributed by atoms with Crippen LogP contribution in [0.25, 0.3) is 10.9 Å². The highest BCUT2D eigenvalue weighted by atomic mass is 16.5. The molecule has 1 aromatic carbocycles. The van der Waals surface area contributed by atoms with Gasteiger partial charge >= 0.3 is 5.97 Å². The van der Waals surface area contributed by atoms with Crippen LogP contribution in [0.5, 0.6) is 5.75 Å². The molecule has 0 fully saturated rings. The molecule has 1 aliphatic rings. The summed E-state index contributed by atoms with van der Waals surface area (Å²) in [5, 5.41) is 0.770. The van der Waals surface area contributed by atoms with Crippen LogP contribution in [0, 0.1) is 0 Å². The first-order valence-electron chi connectivity index (χ1n) is 7.39. The number of fused-ring (bicyclic) bond motifs is 3. The molecule has 3 aromatic rings. The Morgan fingerprint density at radius 1 is 1.17 bits per heavy atom. The Kier molecular flexibility index (Phi) is 3.01. The van der Waals surface area contributed by atoms with Gasteiger partial charge in [-0.1, -0.05) is 18.2 Å². The highest BCUT2D eigenvalue weighted by molar-refractivity contribution is 5.91. The summed E-state index contributed by atoms with van der Waals surface area (Å²) in [5.41, 5.74) is 1.98. The number of aryl methyl sites for hydroxylation is 1. The number of rotatable bonds is 1. The van der Waals surface area contributed by atoms with Crippen LogP contribution in [0.3, 0.4) is 0 Å². The number of benzene rings is 1. The lowest BCUT2D eigenvalue weighted by Gasteiger charge is -2.26. The summed E-state index contributed by atoms with van der Waals surface area (Å²) in [6, 6.07) is 11.1. The van der Waals surface area contributed by atoms with Gasteiger partial charge in [-0.15, -0.1) is 0 Å². The lowest BCUT2D eigenvalue weighted by molar-refractivity contribution is -0.135. The molecule has 1 atom stereocenters. The van der Waals surface area contributed by atoms with Crippen molar-refractivity contribution in [2.24, 2.45) is 7.05 Å². The van der Waals surface area contributed by atoms with Crippen LogP contribution in [0.15, 0.2) is 53.6 Å². The zero-order valence-corrected chi connectivity index (χ0v) is 12.5. The van der Waals surface area contributed by atoms with E-state index in [-0.39, 0.29) is 23.9 Å². The molecule has 23 heavy (non-hydrogen) atoms. The molecule has 0 N–H and O–H groups in total. The van der Waals surface area contributed by atoms with Gasteiger partial charge in [0.25, 0.3) is 5.56 Å². The second-order valence-electron chi connectivity index (χ2n) is 5.64. The number of aromatic nitrogens is 2. The van der Waals surface area contributed by atoms with E-state index in [0.29, 0.717) is 11.3 Å². The summed E-state index contributed by atoms with van der Waals surface area (Å²) >= 11 is 0. The quantitative estimate of drug-likeness (QED) is 0.648. The molecule has 4 rings (SSSR count). The third-order valence-corrected chi connectivity index (χ3v) is 4.31. The van der Waals surface area contributed by atoms with E-state index in [1.54, 1.807) is 30.1 Å². The standard InChI is InChI=1S/C18H14N2O3/c1-20-14-7-3-2-6-12(14)17-16(18(20)22)13(9-15(21)23-17)11-5-4-8-19-10-11/h2-8,10,13H,9H2,1H3/t13-/m1/s1. The number of hydrogen-bond donors (Lipinski definition) is 0. The number of pyridine rings is 2. The summed E-state index contributed by atoms with van der Waals surface area (Å²) in [4.78, 5) is 29.1. The number of esters is 1. The maximum Gasteiger partial charge on any atom is 0.312 e. The minimum Gasteiger partial charge on any atom is -0.425 e. The average molecular weight is 306 g/mol. The number of ether oxygens (including phenoxy) is 1. The molecule has 0 saturated carbocycles. The van der Waals surface area contributed by atoms with Crippen molar-refractivity contribution in [2.45, 2.75) is 12.3 Å². The zero-order chi connectivity index (χ0) is 16.0. The summed E-state index contributed by atoms with van der Waals surface area (Å²) in [6.45, 7) is 0. The first-order chi connectivity index (χ1) is 11.2. The summed E-state index contributed by atoms with van der Waals surface area (Å²) in [6.07, 6.45) is 3.51. The molecule has 3 heterocycles. The van der Waals surface area contributed by atoms with Crippen molar-refractivity contribution >= 4 is 16.9 Å². The van der Waals surface area contributed by atoms with E-state index in [9.17, 15) is 9.59 Å². The predicted octanol–water partition coefficient (Wildman–Crippen LogP) is 2.37. The Morgan fingerprint density at radius 3 is 2.78 bits per heavy atom. The van der Waals surface area contributed by atoms with Gasteiger partial charge in [-0.05, 0) is 23.8 Å². The SMILES string of the molecule is Cn1c(=O)c2c(c3ccccc31)OC(=O)C[C@@H]2c1cccnc1. The van der Waals surface area contributed by atoms with Crippen molar-refractivity contribution in [1.82, 2.24) is 9.55 Å². The van der Waals surface area contributed by atoms with Gasteiger partial charge in [0.15, 0.2) is 0 Å². The van der Waals surface area contributed by atoms with E-state index in [0.717, 1.165) is 16.5 Å². The van der Waals surface area contributed by atoms with Crippen LogP contribution in [0.4, 0.5) is 0 Å². The number of carbonyl (C=O) groups is 1. The van der Waals surface area contributed by atoms with Crippen molar-refractivity contribution in [3.05, 3.63) is 70.3 Å². The molecule has 2 aromatic heterocycles. The molecule has 5 nitrogen and oxygen atoms in total. The van der Waals surface area contributed by atoms with Crippen molar-refractivity contribution in [3.63, 3.8) is 0 Å². The van der Waals surface area contributed by atoms with Gasteiger partial charge in [-0.3, -0.25) is 14.6 Å². The van der Waals surface area contributed by atoms with Crippen LogP contribution in [0.2, 0.25) is 0 Å². The van der Waals surface area contributed by atoms with Gasteiger partial charge in [0.05, 0.1) is 17.5 Å². The Hall–Kier alpha value is -2.95. The largest absolute Gasteiger partial charge is 0.425 e. The monoisotopic (exact) mass is 306 g/mol. The highest BCUT2D eigenvalue weighted by Gasteiger charge is 2.33. The highest BCUT2D eigenvalue weighted by Crippen LogP contribution is 2.40. The summed E-state index contributed by atoms with van der Waals surface area (Å²) < 4.78 is 7.07. The van der Waals surface area contributed by atoms with Crippen molar-refractivity contribution in [1.29, 1.82) is 0 Å². The van der Waals surface area contributed by atoms with E-state index >= 15 is 0 Å². The molecular formula is C18H14N2O3. The van der Waals surface area contributed by atoms with Gasteiger partial charge in [-0.2, -0.15) is 0 Å². The molecule has 5 heteroatoms. The van der Waals surface area contributed by atoms with Gasteiger partial charge in [0.1, 0.15) is 5.75 Å². The molecule has 0 amide bonds. The molecular weight excluding hydrogens is 292 g/mol. The Labute approximate surface area is 132 Å². The number of nitrogens with zero attached hydrogens (tertiary/aromatic N) is 2. The lowest BCUT2D eigenvalue weighted by atomic mass is 9.87. The molecule has 0 radical (unpaired) electrons. The van der Waals surface area contributed by atoms with Gasteiger partial charge in [-0.25, -0.2) is 0 Å². The summed E-state index contributed by atoms with van der Waals surface area (Å²) in [5.74, 6) is -0.276. The van der Waals surface area contributed by atoms with E-state index in [2.05, 4.69) is 4.98 Å². The third-order valence-electron chi connectivity index (χ3n) is 4.31. The Morgan fingerprint density at radius 2 is 2.00 bits per heavy atom. The number of carbonyl (C=O) groups excluding carboxylic acids is 1. The number of hydrogen-bond acceptors (Lipinski definition) is 4. The second-order valence-corrected chi connectivity index (χ2v) is 5.64. The van der Waals surface area contributed by atoms with Crippen molar-refractivity contribution < 1.29 is 9.53 Å². The van der Waals surface area contributed by atoms with Crippen molar-refractivity contribution in [3.8, 4) is 5.75 Å². The van der Waals surface area contributed by atoms with Crippen LogP contribution in [-0.4, -0.2) is 15.5 Å². The fraction of sp³-hybridized carbons (Fsp3) is 0.167. The first kappa shape index (κ1) is 13.7. The Bertz CT molecular complexity index is 977. The van der Waals surface area contributed by atoms with Gasteiger partial charge in [0, 0.05) is 30.7 Å². The molecule has 0 spiro atoms. The predicted molar refractivity (Wildman–Crippen MR) is 85.5 cm³/mol. The van der Waals surface area contributed by atoms with Crippen LogP contribution >= 0.6 is 0 Å². The maximum atomic E-state index is 12.9. The minimum absolute atomic E-state index is 0.139. The molecule has 0 unspecified atom stereocenters. The first-order valence-corrected chi connectivity index (χ1v) is 7.39. The molecule has 0 bridgehead atoms. The fourth-order valence-corrected chi connectivity index (χ4v) is 3.20. The fourth-order valence-electron chi connectivity index (χ4n) is 3.20. The third kappa shape index (κ3) is 2.04. The molecule has 0 aliphatic carbocycles.